The fraction of sp³-hybridized carbons (Fsp3) is 0.235. The first-order chi connectivity index (χ1) is 13.0. The Labute approximate surface area is 168 Å². The molecule has 0 spiro atoms. The van der Waals surface area contributed by atoms with Gasteiger partial charge in [-0.1, -0.05) is 24.6 Å². The Morgan fingerprint density at radius 1 is 1.21 bits per heavy atom. The number of amides is 1. The molecule has 3 rings (SSSR count). The van der Waals surface area contributed by atoms with Gasteiger partial charge in [0, 0.05) is 5.02 Å². The number of anilines is 2. The van der Waals surface area contributed by atoms with Gasteiger partial charge in [0.15, 0.2) is 0 Å². The van der Waals surface area contributed by atoms with E-state index < -0.39 is 31.9 Å². The van der Waals surface area contributed by atoms with Gasteiger partial charge >= 0.3 is 0 Å². The largest absolute Gasteiger partial charge is 0.495 e. The first-order valence-corrected chi connectivity index (χ1v) is 11.6. The lowest BCUT2D eigenvalue weighted by Crippen LogP contribution is -2.30. The Bertz CT molecular complexity index is 1150. The maximum absolute atomic E-state index is 12.9. The topological polar surface area (TPSA) is 110 Å². The number of sulfonamides is 2. The Balaban J connectivity index is 2.08. The fourth-order valence-corrected chi connectivity index (χ4v) is 6.09. The number of nitrogens with zero attached hydrogens (tertiary/aromatic N) is 1. The van der Waals surface area contributed by atoms with Gasteiger partial charge in [-0.15, -0.1) is 0 Å². The highest BCUT2D eigenvalue weighted by Gasteiger charge is 2.42. The third-order valence-corrected chi connectivity index (χ3v) is 7.61. The van der Waals surface area contributed by atoms with Crippen molar-refractivity contribution in [3.63, 3.8) is 0 Å². The van der Waals surface area contributed by atoms with Gasteiger partial charge in [-0.05, 0) is 36.4 Å². The number of nitrogens with one attached hydrogen (secondary N) is 1. The molecule has 1 unspecified atom stereocenters. The Morgan fingerprint density at radius 3 is 2.50 bits per heavy atom. The number of rotatable bonds is 5. The molecule has 0 aliphatic carbocycles. The molecule has 1 saturated heterocycles. The summed E-state index contributed by atoms with van der Waals surface area (Å²) in [7, 11) is -6.75. The predicted octanol–water partition coefficient (Wildman–Crippen LogP) is 2.46. The monoisotopic (exact) mass is 444 g/mol. The summed E-state index contributed by atoms with van der Waals surface area (Å²) in [6.45, 7) is 1.50. The number of hydrogen-bond donors (Lipinski definition) is 1. The van der Waals surface area contributed by atoms with E-state index in [1.54, 1.807) is 12.1 Å². The number of benzene rings is 2. The van der Waals surface area contributed by atoms with Gasteiger partial charge in [-0.2, -0.15) is 0 Å². The summed E-state index contributed by atoms with van der Waals surface area (Å²) in [5.41, 5.74) is 0.153. The highest BCUT2D eigenvalue weighted by Crippen LogP contribution is 2.34. The number of carbonyl (C=O) groups excluding carboxylic acids is 1. The summed E-state index contributed by atoms with van der Waals surface area (Å²) < 4.78 is 58.5. The lowest BCUT2D eigenvalue weighted by atomic mass is 10.2. The molecular weight excluding hydrogens is 428 g/mol. The van der Waals surface area contributed by atoms with Crippen molar-refractivity contribution < 1.29 is 26.4 Å². The molecule has 0 saturated carbocycles. The Morgan fingerprint density at radius 2 is 1.93 bits per heavy atom. The molecule has 2 aromatic rings. The molecule has 1 heterocycles. The van der Waals surface area contributed by atoms with Crippen LogP contribution in [0.5, 0.6) is 5.75 Å². The lowest BCUT2D eigenvalue weighted by molar-refractivity contribution is -0.119. The van der Waals surface area contributed by atoms with E-state index in [9.17, 15) is 21.6 Å². The number of hydrogen-bond acceptors (Lipinski definition) is 6. The first kappa shape index (κ1) is 20.4. The molecule has 1 atom stereocenters. The van der Waals surface area contributed by atoms with Crippen LogP contribution >= 0.6 is 11.6 Å². The van der Waals surface area contributed by atoms with E-state index in [4.69, 9.17) is 16.3 Å². The Hall–Kier alpha value is -2.30. The second kappa shape index (κ2) is 7.26. The average molecular weight is 445 g/mol. The molecule has 1 aliphatic rings. The van der Waals surface area contributed by atoms with E-state index >= 15 is 0 Å². The minimum atomic E-state index is -4.16. The van der Waals surface area contributed by atoms with Crippen molar-refractivity contribution in [2.75, 3.05) is 21.9 Å². The van der Waals surface area contributed by atoms with E-state index in [1.807, 2.05) is 0 Å². The molecule has 0 radical (unpaired) electrons. The molecule has 8 nitrogen and oxygen atoms in total. The zero-order chi connectivity index (χ0) is 20.7. The summed E-state index contributed by atoms with van der Waals surface area (Å²) in [5, 5.41) is 0.337. The molecule has 0 aromatic heterocycles. The molecule has 1 aliphatic heterocycles. The summed E-state index contributed by atoms with van der Waals surface area (Å²) in [4.78, 5) is 12.0. The average Bonchev–Trinajstić information content (AvgIpc) is 2.81. The van der Waals surface area contributed by atoms with Gasteiger partial charge < -0.3 is 4.74 Å². The molecule has 150 valence electrons. The van der Waals surface area contributed by atoms with E-state index in [2.05, 4.69) is 4.72 Å². The molecular formula is C17H17ClN2O6S2. The lowest BCUT2D eigenvalue weighted by Gasteiger charge is -2.18. The van der Waals surface area contributed by atoms with Crippen molar-refractivity contribution in [3.05, 3.63) is 47.5 Å². The SMILES string of the molecule is COc1ccc(N2C(=O)C(C)CS2(=O)=O)cc1S(=O)(=O)Nc1cccc(Cl)c1. The fourth-order valence-electron chi connectivity index (χ4n) is 2.85. The predicted molar refractivity (Wildman–Crippen MR) is 106 cm³/mol. The molecule has 11 heteroatoms. The maximum atomic E-state index is 12.9. The Kier molecular flexibility index (Phi) is 5.30. The quantitative estimate of drug-likeness (QED) is 0.758. The van der Waals surface area contributed by atoms with Crippen LogP contribution in [0.4, 0.5) is 11.4 Å². The normalized spacial score (nSPS) is 18.9. The minimum absolute atomic E-state index is 0.00429. The third-order valence-electron chi connectivity index (χ3n) is 4.11. The van der Waals surface area contributed by atoms with Crippen LogP contribution in [0, 0.1) is 5.92 Å². The molecule has 2 aromatic carbocycles. The van der Waals surface area contributed by atoms with Gasteiger partial charge in [0.2, 0.25) is 15.9 Å². The van der Waals surface area contributed by atoms with Gasteiger partial charge in [0.05, 0.1) is 30.2 Å². The van der Waals surface area contributed by atoms with Crippen LogP contribution in [0.3, 0.4) is 0 Å². The van der Waals surface area contributed by atoms with Crippen molar-refractivity contribution in [1.29, 1.82) is 0 Å². The van der Waals surface area contributed by atoms with E-state index in [0.29, 0.717) is 9.33 Å². The van der Waals surface area contributed by atoms with Crippen LogP contribution in [0.2, 0.25) is 5.02 Å². The second-order valence-corrected chi connectivity index (χ2v) is 10.2. The van der Waals surface area contributed by atoms with Gasteiger partial charge in [-0.3, -0.25) is 9.52 Å². The standard InChI is InChI=1S/C17H17ClN2O6S2/c1-11-10-27(22,23)20(17(11)21)14-6-7-15(26-2)16(9-14)28(24,25)19-13-5-3-4-12(18)8-13/h3-9,11,19H,10H2,1-2H3. The van der Waals surface area contributed by atoms with Crippen LogP contribution in [-0.2, 0) is 24.8 Å². The van der Waals surface area contributed by atoms with Gasteiger partial charge in [0.25, 0.3) is 10.0 Å². The van der Waals surface area contributed by atoms with Crippen LogP contribution in [0.25, 0.3) is 0 Å². The molecule has 1 amide bonds. The summed E-state index contributed by atoms with van der Waals surface area (Å²) in [5.74, 6) is -1.66. The first-order valence-electron chi connectivity index (χ1n) is 8.08. The zero-order valence-corrected chi connectivity index (χ0v) is 17.3. The summed E-state index contributed by atoms with van der Waals surface area (Å²) >= 11 is 5.88. The smallest absolute Gasteiger partial charge is 0.265 e. The highest BCUT2D eigenvalue weighted by atomic mass is 35.5. The maximum Gasteiger partial charge on any atom is 0.265 e. The second-order valence-electron chi connectivity index (χ2n) is 6.23. The molecule has 28 heavy (non-hydrogen) atoms. The molecule has 1 N–H and O–H groups in total. The molecule has 0 bridgehead atoms. The van der Waals surface area contributed by atoms with Crippen LogP contribution in [0.1, 0.15) is 6.92 Å². The number of methoxy groups -OCH3 is 1. The van der Waals surface area contributed by atoms with E-state index in [1.165, 1.54) is 38.3 Å². The van der Waals surface area contributed by atoms with Crippen molar-refractivity contribution in [3.8, 4) is 5.75 Å². The van der Waals surface area contributed by atoms with Crippen LogP contribution in [0.15, 0.2) is 47.4 Å². The zero-order valence-electron chi connectivity index (χ0n) is 14.9. The minimum Gasteiger partial charge on any atom is -0.495 e. The number of ether oxygens (including phenoxy) is 1. The van der Waals surface area contributed by atoms with Crippen molar-refractivity contribution >= 4 is 48.9 Å². The highest BCUT2D eigenvalue weighted by molar-refractivity contribution is 7.94. The van der Waals surface area contributed by atoms with Crippen molar-refractivity contribution in [1.82, 2.24) is 0 Å². The van der Waals surface area contributed by atoms with Crippen LogP contribution in [-0.4, -0.2) is 35.6 Å². The van der Waals surface area contributed by atoms with Gasteiger partial charge in [0.1, 0.15) is 10.6 Å². The molecule has 1 fully saturated rings. The van der Waals surface area contributed by atoms with Crippen molar-refractivity contribution in [2.45, 2.75) is 11.8 Å². The van der Waals surface area contributed by atoms with E-state index in [0.717, 1.165) is 6.07 Å². The van der Waals surface area contributed by atoms with Crippen molar-refractivity contribution in [2.24, 2.45) is 5.92 Å². The summed E-state index contributed by atoms with van der Waals surface area (Å²) in [6.07, 6.45) is 0. The number of halogens is 1. The summed E-state index contributed by atoms with van der Waals surface area (Å²) in [6, 6.07) is 9.81. The third kappa shape index (κ3) is 3.80. The van der Waals surface area contributed by atoms with Crippen LogP contribution < -0.4 is 13.8 Å². The van der Waals surface area contributed by atoms with E-state index in [-0.39, 0.29) is 27.8 Å². The number of carbonyl (C=O) groups is 1. The van der Waals surface area contributed by atoms with Gasteiger partial charge in [-0.25, -0.2) is 21.1 Å².